The van der Waals surface area contributed by atoms with Crippen molar-refractivity contribution in [2.75, 3.05) is 6.54 Å². The molecule has 3 rings (SSSR count). The van der Waals surface area contributed by atoms with Crippen molar-refractivity contribution < 1.29 is 0 Å². The summed E-state index contributed by atoms with van der Waals surface area (Å²) in [6.45, 7) is 3.30. The van der Waals surface area contributed by atoms with Crippen LogP contribution in [-0.2, 0) is 0 Å². The first kappa shape index (κ1) is 14.1. The zero-order chi connectivity index (χ0) is 12.4. The first-order valence-corrected chi connectivity index (χ1v) is 6.73. The summed E-state index contributed by atoms with van der Waals surface area (Å²) in [5.74, 6) is 0. The van der Waals surface area contributed by atoms with E-state index >= 15 is 0 Å². The van der Waals surface area contributed by atoms with Crippen molar-refractivity contribution >= 4 is 12.4 Å². The van der Waals surface area contributed by atoms with E-state index in [4.69, 9.17) is 0 Å². The molecule has 1 heterocycles. The molecule has 19 heavy (non-hydrogen) atoms. The van der Waals surface area contributed by atoms with Crippen molar-refractivity contribution in [1.29, 1.82) is 0 Å². The Labute approximate surface area is 121 Å². The molecule has 100 valence electrons. The number of hydrogen-bond donors (Lipinski definition) is 1. The fourth-order valence-electron chi connectivity index (χ4n) is 2.70. The fourth-order valence-corrected chi connectivity index (χ4v) is 2.70. The van der Waals surface area contributed by atoms with Crippen molar-refractivity contribution in [3.05, 3.63) is 59.7 Å². The third kappa shape index (κ3) is 3.17. The second-order valence-electron chi connectivity index (χ2n) is 5.14. The van der Waals surface area contributed by atoms with E-state index in [9.17, 15) is 0 Å². The molecule has 0 amide bonds. The van der Waals surface area contributed by atoms with Gasteiger partial charge in [0.25, 0.3) is 0 Å². The van der Waals surface area contributed by atoms with Crippen LogP contribution >= 0.6 is 12.4 Å². The van der Waals surface area contributed by atoms with Crippen molar-refractivity contribution in [3.63, 3.8) is 0 Å². The smallest absolute Gasteiger partial charge is 0.0320 e. The minimum absolute atomic E-state index is 0. The Kier molecular flexibility index (Phi) is 4.62. The normalized spacial score (nSPS) is 18.1. The molecule has 2 aromatic carbocycles. The Bertz CT molecular complexity index is 527. The van der Waals surface area contributed by atoms with Crippen LogP contribution in [0.1, 0.15) is 30.0 Å². The molecule has 1 N–H and O–H groups in total. The minimum Gasteiger partial charge on any atom is -0.310 e. The van der Waals surface area contributed by atoms with Crippen LogP contribution in [0.15, 0.2) is 48.5 Å². The second kappa shape index (κ2) is 6.23. The standard InChI is InChI=1S/C17H19N.ClH/c1-13-4-2-5-16(12-13)14-7-9-15(10-8-14)17-6-3-11-18-17;/h2,4-5,7-10,12,17-18H,3,6,11H2,1H3;1H. The number of hydrogen-bond acceptors (Lipinski definition) is 1. The predicted octanol–water partition coefficient (Wildman–Crippen LogP) is 4.51. The number of halogens is 1. The van der Waals surface area contributed by atoms with Gasteiger partial charge in [-0.05, 0) is 43.0 Å². The van der Waals surface area contributed by atoms with Gasteiger partial charge in [0.15, 0.2) is 0 Å². The SMILES string of the molecule is Cc1cccc(-c2ccc(C3CCCN3)cc2)c1.Cl. The molecule has 2 heteroatoms. The number of nitrogens with one attached hydrogen (secondary N) is 1. The van der Waals surface area contributed by atoms with Crippen molar-refractivity contribution in [2.45, 2.75) is 25.8 Å². The zero-order valence-electron chi connectivity index (χ0n) is 11.2. The highest BCUT2D eigenvalue weighted by Gasteiger charge is 2.15. The molecular formula is C17H20ClN. The Morgan fingerprint density at radius 3 is 2.42 bits per heavy atom. The maximum atomic E-state index is 3.54. The molecule has 1 fully saturated rings. The number of rotatable bonds is 2. The van der Waals surface area contributed by atoms with Crippen LogP contribution in [0, 0.1) is 6.92 Å². The highest BCUT2D eigenvalue weighted by Crippen LogP contribution is 2.26. The van der Waals surface area contributed by atoms with Gasteiger partial charge in [0.05, 0.1) is 0 Å². The average Bonchev–Trinajstić information content (AvgIpc) is 2.93. The van der Waals surface area contributed by atoms with Crippen molar-refractivity contribution in [1.82, 2.24) is 5.32 Å². The molecule has 2 aromatic rings. The molecule has 1 nitrogen and oxygen atoms in total. The molecule has 0 aromatic heterocycles. The molecule has 0 radical (unpaired) electrons. The second-order valence-corrected chi connectivity index (χ2v) is 5.14. The molecule has 0 saturated carbocycles. The molecule has 1 saturated heterocycles. The van der Waals surface area contributed by atoms with Crippen LogP contribution in [-0.4, -0.2) is 6.54 Å². The first-order valence-electron chi connectivity index (χ1n) is 6.73. The van der Waals surface area contributed by atoms with Crippen LogP contribution < -0.4 is 5.32 Å². The lowest BCUT2D eigenvalue weighted by Crippen LogP contribution is -2.12. The Morgan fingerprint density at radius 1 is 1.00 bits per heavy atom. The topological polar surface area (TPSA) is 12.0 Å². The molecule has 0 spiro atoms. The van der Waals surface area contributed by atoms with E-state index in [1.54, 1.807) is 0 Å². The summed E-state index contributed by atoms with van der Waals surface area (Å²) < 4.78 is 0. The van der Waals surface area contributed by atoms with Gasteiger partial charge in [-0.1, -0.05) is 54.1 Å². The Morgan fingerprint density at radius 2 is 1.79 bits per heavy atom. The van der Waals surface area contributed by atoms with E-state index in [0.717, 1.165) is 6.54 Å². The molecule has 1 aliphatic rings. The van der Waals surface area contributed by atoms with Crippen LogP contribution in [0.3, 0.4) is 0 Å². The van der Waals surface area contributed by atoms with Crippen LogP contribution in [0.4, 0.5) is 0 Å². The van der Waals surface area contributed by atoms with Gasteiger partial charge in [0, 0.05) is 6.04 Å². The van der Waals surface area contributed by atoms with E-state index in [1.807, 2.05) is 0 Å². The van der Waals surface area contributed by atoms with Crippen LogP contribution in [0.2, 0.25) is 0 Å². The van der Waals surface area contributed by atoms with E-state index in [2.05, 4.69) is 60.8 Å². The highest BCUT2D eigenvalue weighted by molar-refractivity contribution is 5.85. The highest BCUT2D eigenvalue weighted by atomic mass is 35.5. The summed E-state index contributed by atoms with van der Waals surface area (Å²) in [4.78, 5) is 0. The minimum atomic E-state index is 0. The van der Waals surface area contributed by atoms with E-state index in [1.165, 1.54) is 35.1 Å². The number of aryl methyl sites for hydroxylation is 1. The maximum absolute atomic E-state index is 3.54. The number of benzene rings is 2. The monoisotopic (exact) mass is 273 g/mol. The molecule has 0 aliphatic carbocycles. The molecule has 1 unspecified atom stereocenters. The maximum Gasteiger partial charge on any atom is 0.0320 e. The fraction of sp³-hybridized carbons (Fsp3) is 0.294. The van der Waals surface area contributed by atoms with Gasteiger partial charge in [-0.2, -0.15) is 0 Å². The lowest BCUT2D eigenvalue weighted by Gasteiger charge is -2.11. The summed E-state index contributed by atoms with van der Waals surface area (Å²) in [6.07, 6.45) is 2.56. The summed E-state index contributed by atoms with van der Waals surface area (Å²) in [5.41, 5.74) is 5.35. The zero-order valence-corrected chi connectivity index (χ0v) is 12.0. The quantitative estimate of drug-likeness (QED) is 0.849. The Hall–Kier alpha value is -1.31. The van der Waals surface area contributed by atoms with E-state index < -0.39 is 0 Å². The van der Waals surface area contributed by atoms with Gasteiger partial charge in [-0.3, -0.25) is 0 Å². The summed E-state index contributed by atoms with van der Waals surface area (Å²) in [5, 5.41) is 3.54. The van der Waals surface area contributed by atoms with Crippen LogP contribution in [0.5, 0.6) is 0 Å². The van der Waals surface area contributed by atoms with Gasteiger partial charge < -0.3 is 5.32 Å². The molecular weight excluding hydrogens is 254 g/mol. The lowest BCUT2D eigenvalue weighted by molar-refractivity contribution is 0.648. The van der Waals surface area contributed by atoms with Crippen LogP contribution in [0.25, 0.3) is 11.1 Å². The van der Waals surface area contributed by atoms with Gasteiger partial charge >= 0.3 is 0 Å². The lowest BCUT2D eigenvalue weighted by atomic mass is 9.99. The average molecular weight is 274 g/mol. The summed E-state index contributed by atoms with van der Waals surface area (Å²) in [6, 6.07) is 18.3. The molecule has 0 bridgehead atoms. The van der Waals surface area contributed by atoms with Crippen molar-refractivity contribution in [3.8, 4) is 11.1 Å². The van der Waals surface area contributed by atoms with Gasteiger partial charge in [-0.15, -0.1) is 12.4 Å². The van der Waals surface area contributed by atoms with Gasteiger partial charge in [-0.25, -0.2) is 0 Å². The first-order chi connectivity index (χ1) is 8.83. The van der Waals surface area contributed by atoms with Gasteiger partial charge in [0.1, 0.15) is 0 Å². The summed E-state index contributed by atoms with van der Waals surface area (Å²) in [7, 11) is 0. The third-order valence-electron chi connectivity index (χ3n) is 3.72. The van der Waals surface area contributed by atoms with E-state index in [0.29, 0.717) is 6.04 Å². The predicted molar refractivity (Wildman–Crippen MR) is 83.8 cm³/mol. The van der Waals surface area contributed by atoms with E-state index in [-0.39, 0.29) is 12.4 Å². The largest absolute Gasteiger partial charge is 0.310 e. The molecule has 1 aliphatic heterocycles. The van der Waals surface area contributed by atoms with Crippen molar-refractivity contribution in [2.24, 2.45) is 0 Å². The molecule has 1 atom stereocenters. The van der Waals surface area contributed by atoms with Gasteiger partial charge in [0.2, 0.25) is 0 Å². The third-order valence-corrected chi connectivity index (χ3v) is 3.72. The Balaban J connectivity index is 0.00000133. The summed E-state index contributed by atoms with van der Waals surface area (Å²) >= 11 is 0.